The Bertz CT molecular complexity index is 1480. The van der Waals surface area contributed by atoms with Crippen molar-refractivity contribution in [2.24, 2.45) is 0 Å². The molecule has 0 aliphatic rings. The number of aryl methyl sites for hydroxylation is 2. The second-order valence-corrected chi connectivity index (χ2v) is 8.58. The molecule has 0 saturated carbocycles. The van der Waals surface area contributed by atoms with Gasteiger partial charge in [0.05, 0.1) is 12.2 Å². The number of aromatic amines is 1. The van der Waals surface area contributed by atoms with Crippen molar-refractivity contribution >= 4 is 0 Å². The van der Waals surface area contributed by atoms with E-state index < -0.39 is 0 Å². The molecule has 35 heavy (non-hydrogen) atoms. The van der Waals surface area contributed by atoms with Crippen LogP contribution in [0.15, 0.2) is 83.8 Å². The number of rotatable bonds is 8. The van der Waals surface area contributed by atoms with E-state index >= 15 is 0 Å². The maximum atomic E-state index is 13.5. The first kappa shape index (κ1) is 22.5. The predicted molar refractivity (Wildman–Crippen MR) is 138 cm³/mol. The predicted octanol–water partition coefficient (Wildman–Crippen LogP) is 5.05. The van der Waals surface area contributed by atoms with Crippen LogP contribution in [0.5, 0.6) is 0 Å². The first-order chi connectivity index (χ1) is 17.2. The zero-order valence-electron chi connectivity index (χ0n) is 20.0. The number of nitrogens with zero attached hydrogens (tertiary/aromatic N) is 5. The average molecular weight is 465 g/mol. The highest BCUT2D eigenvalue weighted by molar-refractivity contribution is 5.80. The van der Waals surface area contributed by atoms with E-state index in [4.69, 9.17) is 0 Å². The molecule has 0 radical (unpaired) electrons. The normalized spacial score (nSPS) is 11.1. The van der Waals surface area contributed by atoms with Gasteiger partial charge in [-0.3, -0.25) is 9.13 Å². The SMILES string of the molecule is CCCc1cn(-c2ccccc2CC)c(=O)n1Cc1ccc(-c2ccccc2-c2nnn[nH]2)cc1. The third-order valence-electron chi connectivity index (χ3n) is 6.33. The van der Waals surface area contributed by atoms with E-state index in [1.165, 1.54) is 5.56 Å². The number of H-pyrrole nitrogens is 1. The van der Waals surface area contributed by atoms with Crippen LogP contribution in [-0.4, -0.2) is 29.8 Å². The maximum Gasteiger partial charge on any atom is 0.333 e. The number of aromatic nitrogens is 6. The second-order valence-electron chi connectivity index (χ2n) is 8.58. The molecular weight excluding hydrogens is 436 g/mol. The molecule has 3 aromatic carbocycles. The first-order valence-electron chi connectivity index (χ1n) is 12.0. The van der Waals surface area contributed by atoms with Gasteiger partial charge in [-0.25, -0.2) is 9.89 Å². The minimum Gasteiger partial charge on any atom is -0.292 e. The van der Waals surface area contributed by atoms with Crippen LogP contribution in [0.1, 0.15) is 37.1 Å². The van der Waals surface area contributed by atoms with Gasteiger partial charge in [-0.15, -0.1) is 5.10 Å². The van der Waals surface area contributed by atoms with Crippen molar-refractivity contribution in [3.8, 4) is 28.2 Å². The van der Waals surface area contributed by atoms with Gasteiger partial charge >= 0.3 is 5.69 Å². The zero-order valence-corrected chi connectivity index (χ0v) is 20.0. The molecule has 0 bridgehead atoms. The van der Waals surface area contributed by atoms with Gasteiger partial charge in [-0.05, 0) is 51.6 Å². The van der Waals surface area contributed by atoms with Crippen molar-refractivity contribution in [2.45, 2.75) is 39.7 Å². The van der Waals surface area contributed by atoms with Crippen molar-refractivity contribution < 1.29 is 0 Å². The van der Waals surface area contributed by atoms with Crippen LogP contribution in [0.3, 0.4) is 0 Å². The van der Waals surface area contributed by atoms with Crippen LogP contribution >= 0.6 is 0 Å². The van der Waals surface area contributed by atoms with Gasteiger partial charge < -0.3 is 0 Å². The highest BCUT2D eigenvalue weighted by atomic mass is 16.1. The van der Waals surface area contributed by atoms with E-state index in [1.54, 1.807) is 4.57 Å². The lowest BCUT2D eigenvalue weighted by Crippen LogP contribution is -2.25. The Morgan fingerprint density at radius 1 is 0.886 bits per heavy atom. The molecule has 0 aliphatic carbocycles. The van der Waals surface area contributed by atoms with E-state index in [0.29, 0.717) is 12.4 Å². The molecule has 0 fully saturated rings. The number of imidazole rings is 1. The summed E-state index contributed by atoms with van der Waals surface area (Å²) in [6.07, 6.45) is 4.72. The van der Waals surface area contributed by atoms with Crippen LogP contribution in [0.2, 0.25) is 0 Å². The Labute approximate surface area is 204 Å². The van der Waals surface area contributed by atoms with Crippen molar-refractivity contribution in [2.75, 3.05) is 0 Å². The van der Waals surface area contributed by atoms with Crippen LogP contribution in [0.25, 0.3) is 28.2 Å². The highest BCUT2D eigenvalue weighted by Crippen LogP contribution is 2.29. The first-order valence-corrected chi connectivity index (χ1v) is 12.0. The Morgan fingerprint density at radius 3 is 2.34 bits per heavy atom. The quantitative estimate of drug-likeness (QED) is 0.348. The number of tetrazole rings is 1. The minimum absolute atomic E-state index is 0.00147. The van der Waals surface area contributed by atoms with Crippen LogP contribution < -0.4 is 5.69 Å². The van der Waals surface area contributed by atoms with Crippen LogP contribution in [0.4, 0.5) is 0 Å². The van der Waals surface area contributed by atoms with Gasteiger partial charge in [0.2, 0.25) is 0 Å². The molecule has 0 saturated heterocycles. The summed E-state index contributed by atoms with van der Waals surface area (Å²) < 4.78 is 3.71. The van der Waals surface area contributed by atoms with Crippen molar-refractivity contribution in [3.63, 3.8) is 0 Å². The van der Waals surface area contributed by atoms with E-state index in [-0.39, 0.29) is 5.69 Å². The molecule has 5 rings (SSSR count). The summed E-state index contributed by atoms with van der Waals surface area (Å²) in [4.78, 5) is 13.5. The standard InChI is InChI=1S/C28H28N6O/c1-3-9-23-19-34(26-13-8-5-10-21(26)4-2)28(35)33(23)18-20-14-16-22(17-15-20)24-11-6-7-12-25(24)27-29-31-32-30-27/h5-8,10-17,19H,3-4,9,18H2,1-2H3,(H,29,30,31,32). The lowest BCUT2D eigenvalue weighted by Gasteiger charge is -2.10. The van der Waals surface area contributed by atoms with Gasteiger partial charge in [-0.1, -0.05) is 87.0 Å². The third kappa shape index (κ3) is 4.45. The summed E-state index contributed by atoms with van der Waals surface area (Å²) in [6, 6.07) is 24.5. The summed E-state index contributed by atoms with van der Waals surface area (Å²) in [5.41, 5.74) is 7.31. The second kappa shape index (κ2) is 9.93. The molecule has 5 aromatic rings. The molecule has 0 spiro atoms. The van der Waals surface area contributed by atoms with Crippen molar-refractivity contribution in [1.29, 1.82) is 0 Å². The highest BCUT2D eigenvalue weighted by Gasteiger charge is 2.15. The fraction of sp³-hybridized carbons (Fsp3) is 0.214. The molecular formula is C28H28N6O. The number of hydrogen-bond donors (Lipinski definition) is 1. The molecule has 176 valence electrons. The molecule has 0 aliphatic heterocycles. The summed E-state index contributed by atoms with van der Waals surface area (Å²) in [6.45, 7) is 4.79. The molecule has 2 heterocycles. The maximum absolute atomic E-state index is 13.5. The Balaban J connectivity index is 1.48. The van der Waals surface area contributed by atoms with Crippen molar-refractivity contribution in [3.05, 3.63) is 106 Å². The Hall–Kier alpha value is -4.26. The summed E-state index contributed by atoms with van der Waals surface area (Å²) >= 11 is 0. The monoisotopic (exact) mass is 464 g/mol. The fourth-order valence-electron chi connectivity index (χ4n) is 4.56. The molecule has 7 nitrogen and oxygen atoms in total. The third-order valence-corrected chi connectivity index (χ3v) is 6.33. The molecule has 0 atom stereocenters. The zero-order chi connectivity index (χ0) is 24.2. The summed E-state index contributed by atoms with van der Waals surface area (Å²) in [5.74, 6) is 0.633. The number of benzene rings is 3. The van der Waals surface area contributed by atoms with Gasteiger partial charge in [-0.2, -0.15) is 0 Å². The average Bonchev–Trinajstić information content (AvgIpc) is 3.54. The summed E-state index contributed by atoms with van der Waals surface area (Å²) in [7, 11) is 0. The molecule has 0 unspecified atom stereocenters. The van der Waals surface area contributed by atoms with Gasteiger partial charge in [0.1, 0.15) is 0 Å². The fourth-order valence-corrected chi connectivity index (χ4v) is 4.56. The van der Waals surface area contributed by atoms with Gasteiger partial charge in [0, 0.05) is 17.5 Å². The van der Waals surface area contributed by atoms with Crippen LogP contribution in [0, 0.1) is 0 Å². The Morgan fingerprint density at radius 2 is 1.63 bits per heavy atom. The van der Waals surface area contributed by atoms with E-state index in [0.717, 1.165) is 52.9 Å². The minimum atomic E-state index is 0.00147. The smallest absolute Gasteiger partial charge is 0.292 e. The van der Waals surface area contributed by atoms with E-state index in [9.17, 15) is 4.79 Å². The van der Waals surface area contributed by atoms with E-state index in [1.807, 2.05) is 47.2 Å². The summed E-state index contributed by atoms with van der Waals surface area (Å²) in [5, 5.41) is 14.3. The number of para-hydroxylation sites is 1. The topological polar surface area (TPSA) is 81.4 Å². The largest absolute Gasteiger partial charge is 0.333 e. The van der Waals surface area contributed by atoms with Gasteiger partial charge in [0.15, 0.2) is 5.82 Å². The van der Waals surface area contributed by atoms with E-state index in [2.05, 4.69) is 70.9 Å². The lowest BCUT2D eigenvalue weighted by atomic mass is 9.98. The molecule has 1 N–H and O–H groups in total. The molecule has 2 aromatic heterocycles. The number of nitrogens with one attached hydrogen (secondary N) is 1. The molecule has 7 heteroatoms. The lowest BCUT2D eigenvalue weighted by molar-refractivity contribution is 0.691. The Kier molecular flexibility index (Phi) is 6.39. The number of hydrogen-bond acceptors (Lipinski definition) is 4. The van der Waals surface area contributed by atoms with Gasteiger partial charge in [0.25, 0.3) is 0 Å². The van der Waals surface area contributed by atoms with Crippen LogP contribution in [-0.2, 0) is 19.4 Å². The van der Waals surface area contributed by atoms with Crippen molar-refractivity contribution in [1.82, 2.24) is 29.8 Å². The molecule has 0 amide bonds.